The number of H-pyrrole nitrogens is 1. The second kappa shape index (κ2) is 7.20. The summed E-state index contributed by atoms with van der Waals surface area (Å²) in [6.45, 7) is 4.09. The molecule has 8 heteroatoms. The maximum absolute atomic E-state index is 13.1. The minimum atomic E-state index is -0.185. The fourth-order valence-electron chi connectivity index (χ4n) is 3.41. The van der Waals surface area contributed by atoms with Crippen molar-refractivity contribution in [1.29, 1.82) is 0 Å². The van der Waals surface area contributed by atoms with E-state index >= 15 is 0 Å². The van der Waals surface area contributed by atoms with Crippen LogP contribution in [0.3, 0.4) is 0 Å². The van der Waals surface area contributed by atoms with Gasteiger partial charge in [0.05, 0.1) is 23.8 Å². The molecule has 30 heavy (non-hydrogen) atoms. The van der Waals surface area contributed by atoms with Crippen molar-refractivity contribution in [2.24, 2.45) is 5.10 Å². The molecule has 0 aliphatic carbocycles. The Bertz CT molecular complexity index is 1530. The van der Waals surface area contributed by atoms with Crippen LogP contribution >= 0.6 is 11.6 Å². The molecule has 2 aromatic carbocycles. The molecule has 0 fully saturated rings. The molecule has 5 aromatic rings. The lowest BCUT2D eigenvalue weighted by Gasteiger charge is -1.97. The molecule has 0 radical (unpaired) electrons. The zero-order valence-corrected chi connectivity index (χ0v) is 16.5. The van der Waals surface area contributed by atoms with Crippen molar-refractivity contribution < 1.29 is 4.98 Å². The first-order valence-corrected chi connectivity index (χ1v) is 9.66. The van der Waals surface area contributed by atoms with Gasteiger partial charge < -0.3 is 0 Å². The Morgan fingerprint density at radius 3 is 2.70 bits per heavy atom. The van der Waals surface area contributed by atoms with Gasteiger partial charge >= 0.3 is 5.56 Å². The Kier molecular flexibility index (Phi) is 4.37. The average molecular weight is 416 g/mol. The Morgan fingerprint density at radius 1 is 1.13 bits per heavy atom. The lowest BCUT2D eigenvalue weighted by molar-refractivity contribution is -0.357. The van der Waals surface area contributed by atoms with Crippen LogP contribution in [0.4, 0.5) is 0 Å². The Balaban J connectivity index is 1.85. The summed E-state index contributed by atoms with van der Waals surface area (Å²) < 4.78 is 3.14. The zero-order valence-electron chi connectivity index (χ0n) is 15.8. The lowest BCUT2D eigenvalue weighted by Crippen LogP contribution is -2.26. The third-order valence-electron chi connectivity index (χ3n) is 4.77. The Morgan fingerprint density at radius 2 is 1.93 bits per heavy atom. The van der Waals surface area contributed by atoms with Gasteiger partial charge in [-0.05, 0) is 29.8 Å². The van der Waals surface area contributed by atoms with E-state index in [9.17, 15) is 4.79 Å². The molecule has 3 heterocycles. The molecule has 0 atom stereocenters. The molecule has 5 rings (SSSR count). The van der Waals surface area contributed by atoms with Crippen molar-refractivity contribution in [3.8, 4) is 0 Å². The fraction of sp³-hybridized carbons (Fsp3) is 0.0455. The van der Waals surface area contributed by atoms with Crippen LogP contribution < -0.4 is 10.5 Å². The largest absolute Gasteiger partial charge is 0.323 e. The number of para-hydroxylation sites is 2. The summed E-state index contributed by atoms with van der Waals surface area (Å²) in [4.78, 5) is 25.8. The van der Waals surface area contributed by atoms with Crippen LogP contribution in [0.25, 0.3) is 33.2 Å². The van der Waals surface area contributed by atoms with E-state index in [0.717, 1.165) is 11.1 Å². The number of aromatic amines is 1. The smallest absolute Gasteiger partial charge is 0.250 e. The van der Waals surface area contributed by atoms with E-state index in [1.807, 2.05) is 36.4 Å². The Labute approximate surface area is 175 Å². The van der Waals surface area contributed by atoms with E-state index < -0.39 is 0 Å². The third-order valence-corrected chi connectivity index (χ3v) is 5.00. The summed E-state index contributed by atoms with van der Waals surface area (Å²) >= 11 is 6.08. The highest BCUT2D eigenvalue weighted by molar-refractivity contribution is 6.30. The van der Waals surface area contributed by atoms with Gasteiger partial charge in [0.2, 0.25) is 5.65 Å². The molecule has 1 N–H and O–H groups in total. The summed E-state index contributed by atoms with van der Waals surface area (Å²) in [5.74, 6) is 0. The monoisotopic (exact) mass is 415 g/mol. The number of aromatic nitrogens is 5. The van der Waals surface area contributed by atoms with Gasteiger partial charge in [0.1, 0.15) is 5.52 Å². The number of nitrogens with one attached hydrogen (secondary N) is 1. The number of hydrogen-bond donors (Lipinski definition) is 0. The second-order valence-corrected chi connectivity index (χ2v) is 7.18. The van der Waals surface area contributed by atoms with E-state index in [4.69, 9.17) is 21.6 Å². The van der Waals surface area contributed by atoms with Gasteiger partial charge in [-0.3, -0.25) is 0 Å². The molecular formula is C22H16ClN6O+. The number of benzene rings is 2. The van der Waals surface area contributed by atoms with Crippen LogP contribution in [0.2, 0.25) is 5.02 Å². The molecule has 0 bridgehead atoms. The predicted molar refractivity (Wildman–Crippen MR) is 118 cm³/mol. The standard InChI is InChI=1S/C22H15ClN6O/c1-2-10-28-13-24-20-18(22(28)30)19-21(27-17-9-4-3-8-16(17)26-19)29(20)25-12-14-6-5-7-15(23)11-14/h2-9,11-13H,1,10H2/p+1/b25-12-. The van der Waals surface area contributed by atoms with Gasteiger partial charge in [-0.2, -0.15) is 0 Å². The molecule has 0 amide bonds. The van der Waals surface area contributed by atoms with Crippen LogP contribution in [0, 0.1) is 0 Å². The third kappa shape index (κ3) is 2.96. The summed E-state index contributed by atoms with van der Waals surface area (Å²) in [6.07, 6.45) is 4.94. The molecular weight excluding hydrogens is 400 g/mol. The number of rotatable bonds is 4. The van der Waals surface area contributed by atoms with Gasteiger partial charge in [-0.25, -0.2) is 24.3 Å². The SMILES string of the molecule is C=CCn1c[nH+]c2c(c1=O)c1nc3ccccc3nc1n2/N=C\c1cccc(Cl)c1. The molecule has 0 aliphatic heterocycles. The van der Waals surface area contributed by atoms with E-state index in [2.05, 4.69) is 16.7 Å². The van der Waals surface area contributed by atoms with E-state index in [1.165, 1.54) is 4.57 Å². The van der Waals surface area contributed by atoms with Crippen LogP contribution in [0.1, 0.15) is 5.56 Å². The summed E-state index contributed by atoms with van der Waals surface area (Å²) in [5, 5.41) is 5.63. The zero-order chi connectivity index (χ0) is 20.7. The van der Waals surface area contributed by atoms with Crippen molar-refractivity contribution in [1.82, 2.24) is 19.2 Å². The second-order valence-electron chi connectivity index (χ2n) is 6.74. The quantitative estimate of drug-likeness (QED) is 0.333. The van der Waals surface area contributed by atoms with E-state index in [-0.39, 0.29) is 5.56 Å². The Hall–Kier alpha value is -3.84. The molecule has 0 aliphatic rings. The number of halogens is 1. The van der Waals surface area contributed by atoms with Crippen molar-refractivity contribution >= 4 is 51.0 Å². The maximum atomic E-state index is 13.1. The number of fused-ring (bicyclic) bond motifs is 4. The first-order chi connectivity index (χ1) is 14.7. The van der Waals surface area contributed by atoms with Crippen molar-refractivity contribution in [3.63, 3.8) is 0 Å². The summed E-state index contributed by atoms with van der Waals surface area (Å²) in [5.41, 5.74) is 3.57. The molecule has 0 saturated heterocycles. The highest BCUT2D eigenvalue weighted by Gasteiger charge is 2.24. The molecule has 3 aromatic heterocycles. The number of nitrogens with zero attached hydrogens (tertiary/aromatic N) is 5. The van der Waals surface area contributed by atoms with E-state index in [0.29, 0.717) is 39.3 Å². The van der Waals surface area contributed by atoms with Gasteiger partial charge in [0, 0.05) is 5.02 Å². The van der Waals surface area contributed by atoms with Gasteiger partial charge in [0.15, 0.2) is 11.7 Å². The summed E-state index contributed by atoms with van der Waals surface area (Å²) in [7, 11) is 0. The lowest BCUT2D eigenvalue weighted by atomic mass is 10.2. The highest BCUT2D eigenvalue weighted by Crippen LogP contribution is 2.23. The van der Waals surface area contributed by atoms with Crippen LogP contribution in [0.15, 0.2) is 77.4 Å². The van der Waals surface area contributed by atoms with Gasteiger partial charge in [-0.15, -0.1) is 9.78 Å². The normalized spacial score (nSPS) is 11.8. The molecule has 7 nitrogen and oxygen atoms in total. The van der Waals surface area contributed by atoms with Crippen molar-refractivity contribution in [3.05, 3.63) is 88.5 Å². The first-order valence-electron chi connectivity index (χ1n) is 9.28. The topological polar surface area (TPSA) is 79.2 Å². The number of hydrogen-bond acceptors (Lipinski definition) is 4. The van der Waals surface area contributed by atoms with E-state index in [1.54, 1.807) is 35.4 Å². The minimum Gasteiger partial charge on any atom is -0.250 e. The molecule has 146 valence electrons. The highest BCUT2D eigenvalue weighted by atomic mass is 35.5. The van der Waals surface area contributed by atoms with Crippen LogP contribution in [-0.2, 0) is 6.54 Å². The predicted octanol–water partition coefficient (Wildman–Crippen LogP) is 3.44. The first kappa shape index (κ1) is 18.2. The maximum Gasteiger partial charge on any atom is 0.323 e. The van der Waals surface area contributed by atoms with Crippen molar-refractivity contribution in [2.45, 2.75) is 6.54 Å². The van der Waals surface area contributed by atoms with Crippen LogP contribution in [0.5, 0.6) is 0 Å². The van der Waals surface area contributed by atoms with Crippen LogP contribution in [-0.4, -0.2) is 25.4 Å². The molecule has 0 spiro atoms. The average Bonchev–Trinajstić information content (AvgIpc) is 3.06. The number of allylic oxidation sites excluding steroid dienone is 1. The summed E-state index contributed by atoms with van der Waals surface area (Å²) in [6, 6.07) is 14.9. The minimum absolute atomic E-state index is 0.185. The van der Waals surface area contributed by atoms with Gasteiger partial charge in [0.25, 0.3) is 5.65 Å². The van der Waals surface area contributed by atoms with Crippen molar-refractivity contribution in [2.75, 3.05) is 0 Å². The molecule has 0 saturated carbocycles. The van der Waals surface area contributed by atoms with Gasteiger partial charge in [-0.1, -0.05) is 48.5 Å². The fourth-order valence-corrected chi connectivity index (χ4v) is 3.60. The molecule has 0 unspecified atom stereocenters.